The molecule has 2 aliphatic rings. The monoisotopic (exact) mass is 486 g/mol. The Morgan fingerprint density at radius 2 is 0.969 bits per heavy atom. The van der Waals surface area contributed by atoms with Gasteiger partial charge in [0.15, 0.2) is 0 Å². The van der Waals surface area contributed by atoms with Gasteiger partial charge in [-0.25, -0.2) is 0 Å². The number of carboxylic acid groups (broad SMARTS) is 2. The number of aliphatic carboxylic acids is 2. The molecule has 2 fully saturated rings. The number of hydrogen-bond acceptors (Lipinski definition) is 4. The van der Waals surface area contributed by atoms with Crippen LogP contribution in [-0.4, -0.2) is 43.2 Å². The summed E-state index contributed by atoms with van der Waals surface area (Å²) >= 11 is 4.37. The quantitative estimate of drug-likeness (QED) is 0.279. The average Bonchev–Trinajstić information content (AvgIpc) is 2.72. The molecule has 4 atom stereocenters. The van der Waals surface area contributed by atoms with Gasteiger partial charge in [0, 0.05) is 21.0 Å². The fourth-order valence-electron chi connectivity index (χ4n) is 4.94. The average molecular weight is 487 g/mol. The van der Waals surface area contributed by atoms with Gasteiger partial charge in [-0.1, -0.05) is 25.7 Å². The van der Waals surface area contributed by atoms with Gasteiger partial charge in [-0.05, 0) is 91.9 Å². The summed E-state index contributed by atoms with van der Waals surface area (Å²) in [7, 11) is 0. The lowest BCUT2D eigenvalue weighted by molar-refractivity contribution is -0.148. The normalized spacial score (nSPS) is 27.2. The lowest BCUT2D eigenvalue weighted by Crippen LogP contribution is -2.25. The summed E-state index contributed by atoms with van der Waals surface area (Å²) in [6, 6.07) is 0. The van der Waals surface area contributed by atoms with E-state index in [1.165, 1.54) is 51.4 Å². The van der Waals surface area contributed by atoms with Crippen LogP contribution in [0.15, 0.2) is 0 Å². The van der Waals surface area contributed by atoms with Gasteiger partial charge in [0.1, 0.15) is 0 Å². The van der Waals surface area contributed by atoms with E-state index in [9.17, 15) is 19.8 Å². The molecule has 0 bridgehead atoms. The molecule has 2 aliphatic heterocycles. The molecule has 186 valence electrons. The van der Waals surface area contributed by atoms with E-state index in [4.69, 9.17) is 0 Å². The molecule has 2 heterocycles. The van der Waals surface area contributed by atoms with Crippen LogP contribution in [0.5, 0.6) is 0 Å². The van der Waals surface area contributed by atoms with Crippen LogP contribution in [0.25, 0.3) is 0 Å². The second kappa shape index (κ2) is 12.9. The summed E-state index contributed by atoms with van der Waals surface area (Å²) in [4.78, 5) is 22.6. The number of hydrogen-bond donors (Lipinski definition) is 2. The second-order valence-corrected chi connectivity index (χ2v) is 14.6. The minimum Gasteiger partial charge on any atom is -0.481 e. The molecule has 0 aromatic rings. The Balaban J connectivity index is 1.66. The van der Waals surface area contributed by atoms with E-state index in [1.807, 2.05) is 27.7 Å². The van der Waals surface area contributed by atoms with Crippen LogP contribution in [0, 0.1) is 10.8 Å². The standard InChI is InChI=1S/C26H46O4S2/c1-25(2,23(27)28)17-7-13-19-9-5-11-21(31-19)15-16-22-12-6-10-20(32-22)14-8-18-26(3,4)24(29)30/h19-22H,5-18H2,1-4H3,(H,27,28)(H,29,30). The molecule has 0 spiro atoms. The summed E-state index contributed by atoms with van der Waals surface area (Å²) in [6.07, 6.45) is 16.4. The van der Waals surface area contributed by atoms with Crippen molar-refractivity contribution in [3.8, 4) is 0 Å². The van der Waals surface area contributed by atoms with E-state index in [0.717, 1.165) is 49.0 Å². The third-order valence-electron chi connectivity index (χ3n) is 7.50. The van der Waals surface area contributed by atoms with Crippen LogP contribution in [0.1, 0.15) is 118 Å². The second-order valence-electron chi connectivity index (χ2n) is 11.4. The van der Waals surface area contributed by atoms with Crippen LogP contribution in [0.2, 0.25) is 0 Å². The van der Waals surface area contributed by atoms with Crippen molar-refractivity contribution in [2.75, 3.05) is 0 Å². The van der Waals surface area contributed by atoms with Crippen LogP contribution in [0.3, 0.4) is 0 Å². The molecule has 6 heteroatoms. The van der Waals surface area contributed by atoms with Gasteiger partial charge in [0.2, 0.25) is 0 Å². The molecule has 0 saturated carbocycles. The first-order chi connectivity index (χ1) is 15.0. The molecule has 32 heavy (non-hydrogen) atoms. The first-order valence-corrected chi connectivity index (χ1v) is 14.7. The zero-order valence-corrected chi connectivity index (χ0v) is 22.4. The molecule has 0 aliphatic carbocycles. The molecule has 2 rings (SSSR count). The maximum Gasteiger partial charge on any atom is 0.309 e. The highest BCUT2D eigenvalue weighted by Crippen LogP contribution is 2.41. The smallest absolute Gasteiger partial charge is 0.309 e. The summed E-state index contributed by atoms with van der Waals surface area (Å²) in [5.74, 6) is -1.36. The first-order valence-electron chi connectivity index (χ1n) is 12.8. The minimum absolute atomic E-state index is 0.600. The highest BCUT2D eigenvalue weighted by Gasteiger charge is 2.30. The number of thioether (sulfide) groups is 2. The van der Waals surface area contributed by atoms with Crippen molar-refractivity contribution in [1.29, 1.82) is 0 Å². The Morgan fingerprint density at radius 1 is 0.656 bits per heavy atom. The van der Waals surface area contributed by atoms with Crippen LogP contribution >= 0.6 is 23.5 Å². The molecule has 0 radical (unpaired) electrons. The van der Waals surface area contributed by atoms with Gasteiger partial charge < -0.3 is 10.2 Å². The summed E-state index contributed by atoms with van der Waals surface area (Å²) in [6.45, 7) is 7.37. The van der Waals surface area contributed by atoms with Crippen molar-refractivity contribution < 1.29 is 19.8 Å². The Morgan fingerprint density at radius 3 is 1.28 bits per heavy atom. The molecular weight excluding hydrogens is 440 g/mol. The lowest BCUT2D eigenvalue weighted by atomic mass is 9.87. The highest BCUT2D eigenvalue weighted by atomic mass is 32.2. The van der Waals surface area contributed by atoms with Crippen LogP contribution < -0.4 is 0 Å². The minimum atomic E-state index is -0.680. The van der Waals surface area contributed by atoms with Crippen molar-refractivity contribution in [3.63, 3.8) is 0 Å². The van der Waals surface area contributed by atoms with Crippen molar-refractivity contribution in [2.24, 2.45) is 10.8 Å². The predicted octanol–water partition coefficient (Wildman–Crippen LogP) is 7.64. The van der Waals surface area contributed by atoms with Crippen molar-refractivity contribution in [2.45, 2.75) is 139 Å². The van der Waals surface area contributed by atoms with Gasteiger partial charge in [-0.15, -0.1) is 0 Å². The SMILES string of the molecule is CC(C)(CCCC1CCCC(CCC2CCCC(CCCC(C)(C)C(=O)O)S2)S1)C(=O)O. The first kappa shape index (κ1) is 27.9. The van der Waals surface area contributed by atoms with E-state index in [0.29, 0.717) is 10.5 Å². The fourth-order valence-corrected chi connectivity index (χ4v) is 8.39. The molecule has 0 amide bonds. The molecular formula is C26H46O4S2. The summed E-state index contributed by atoms with van der Waals surface area (Å²) in [5, 5.41) is 21.6. The van der Waals surface area contributed by atoms with Gasteiger partial charge in [0.25, 0.3) is 0 Å². The van der Waals surface area contributed by atoms with E-state index >= 15 is 0 Å². The van der Waals surface area contributed by atoms with Gasteiger partial charge >= 0.3 is 11.9 Å². The van der Waals surface area contributed by atoms with Gasteiger partial charge in [0.05, 0.1) is 10.8 Å². The van der Waals surface area contributed by atoms with Crippen molar-refractivity contribution >= 4 is 35.5 Å². The topological polar surface area (TPSA) is 74.6 Å². The summed E-state index contributed by atoms with van der Waals surface area (Å²) < 4.78 is 0. The van der Waals surface area contributed by atoms with E-state index in [2.05, 4.69) is 23.5 Å². The number of carbonyl (C=O) groups is 2. The van der Waals surface area contributed by atoms with Gasteiger partial charge in [-0.3, -0.25) is 9.59 Å². The zero-order chi connectivity index (χ0) is 23.8. The lowest BCUT2D eigenvalue weighted by Gasteiger charge is -2.33. The molecule has 4 unspecified atom stereocenters. The maximum atomic E-state index is 11.3. The molecule has 2 saturated heterocycles. The highest BCUT2D eigenvalue weighted by molar-refractivity contribution is 8.00. The van der Waals surface area contributed by atoms with Crippen molar-refractivity contribution in [1.82, 2.24) is 0 Å². The van der Waals surface area contributed by atoms with Crippen LogP contribution in [-0.2, 0) is 9.59 Å². The fraction of sp³-hybridized carbons (Fsp3) is 0.923. The Bertz CT molecular complexity index is 553. The van der Waals surface area contributed by atoms with Crippen molar-refractivity contribution in [3.05, 3.63) is 0 Å². The molecule has 4 nitrogen and oxygen atoms in total. The third-order valence-corrected chi connectivity index (χ3v) is 10.9. The molecule has 0 aromatic carbocycles. The Labute approximate surface area is 204 Å². The molecule has 0 aromatic heterocycles. The maximum absolute atomic E-state index is 11.3. The number of carboxylic acids is 2. The Kier molecular flexibility index (Phi) is 11.3. The van der Waals surface area contributed by atoms with E-state index in [1.54, 1.807) is 0 Å². The zero-order valence-electron chi connectivity index (χ0n) is 20.7. The van der Waals surface area contributed by atoms with Gasteiger partial charge in [-0.2, -0.15) is 23.5 Å². The van der Waals surface area contributed by atoms with E-state index in [-0.39, 0.29) is 0 Å². The van der Waals surface area contributed by atoms with Crippen LogP contribution in [0.4, 0.5) is 0 Å². The predicted molar refractivity (Wildman–Crippen MR) is 138 cm³/mol. The largest absolute Gasteiger partial charge is 0.481 e. The summed E-state index contributed by atoms with van der Waals surface area (Å²) in [5.41, 5.74) is -1.20. The number of rotatable bonds is 13. The Hall–Kier alpha value is -0.360. The van der Waals surface area contributed by atoms with E-state index < -0.39 is 22.8 Å². The molecule has 2 N–H and O–H groups in total. The third kappa shape index (κ3) is 9.48.